The standard InChI is InChI=1S/C11H12ClN3S/c1-13-11(4-9-6-14-7-16-9)10-3-2-8(12)5-15-10/h2-3,5-7,11,13H,4H2,1H3. The summed E-state index contributed by atoms with van der Waals surface area (Å²) in [4.78, 5) is 9.63. The molecule has 1 atom stereocenters. The molecular formula is C11H12ClN3S. The van der Waals surface area contributed by atoms with E-state index in [0.717, 1.165) is 12.1 Å². The van der Waals surface area contributed by atoms with Gasteiger partial charge in [-0.25, -0.2) is 0 Å². The van der Waals surface area contributed by atoms with Crippen LogP contribution in [0.25, 0.3) is 0 Å². The van der Waals surface area contributed by atoms with Crippen LogP contribution >= 0.6 is 22.9 Å². The highest BCUT2D eigenvalue weighted by Crippen LogP contribution is 2.19. The lowest BCUT2D eigenvalue weighted by atomic mass is 10.1. The molecule has 0 saturated heterocycles. The monoisotopic (exact) mass is 253 g/mol. The highest BCUT2D eigenvalue weighted by atomic mass is 35.5. The van der Waals surface area contributed by atoms with Crippen molar-refractivity contribution in [2.75, 3.05) is 7.05 Å². The molecule has 0 amide bonds. The molecule has 0 aliphatic rings. The first kappa shape index (κ1) is 11.5. The zero-order chi connectivity index (χ0) is 11.4. The van der Waals surface area contributed by atoms with Crippen LogP contribution in [0.1, 0.15) is 16.6 Å². The van der Waals surface area contributed by atoms with E-state index in [-0.39, 0.29) is 6.04 Å². The van der Waals surface area contributed by atoms with Gasteiger partial charge in [0.15, 0.2) is 0 Å². The smallest absolute Gasteiger partial charge is 0.0794 e. The Labute approximate surface area is 104 Å². The third kappa shape index (κ3) is 2.78. The maximum atomic E-state index is 5.81. The minimum Gasteiger partial charge on any atom is -0.311 e. The Bertz CT molecular complexity index is 427. The second kappa shape index (κ2) is 5.39. The fourth-order valence-corrected chi connectivity index (χ4v) is 2.25. The van der Waals surface area contributed by atoms with Crippen molar-refractivity contribution in [3.63, 3.8) is 0 Å². The summed E-state index contributed by atoms with van der Waals surface area (Å²) in [6, 6.07) is 4.02. The Kier molecular flexibility index (Phi) is 3.88. The zero-order valence-electron chi connectivity index (χ0n) is 8.85. The molecule has 0 aromatic carbocycles. The Morgan fingerprint density at radius 2 is 2.31 bits per heavy atom. The summed E-state index contributed by atoms with van der Waals surface area (Å²) in [5.74, 6) is 0. The lowest BCUT2D eigenvalue weighted by Gasteiger charge is -2.14. The lowest BCUT2D eigenvalue weighted by molar-refractivity contribution is 0.580. The van der Waals surface area contributed by atoms with Gasteiger partial charge in [-0.3, -0.25) is 9.97 Å². The van der Waals surface area contributed by atoms with Gasteiger partial charge in [0.2, 0.25) is 0 Å². The molecule has 2 aromatic heterocycles. The highest BCUT2D eigenvalue weighted by molar-refractivity contribution is 7.09. The Morgan fingerprint density at radius 3 is 2.88 bits per heavy atom. The van der Waals surface area contributed by atoms with Gasteiger partial charge in [0.25, 0.3) is 0 Å². The SMILES string of the molecule is CNC(Cc1cncs1)c1ccc(Cl)cn1. The number of pyridine rings is 1. The third-order valence-corrected chi connectivity index (χ3v) is 3.37. The average molecular weight is 254 g/mol. The molecule has 84 valence electrons. The van der Waals surface area contributed by atoms with E-state index in [1.54, 1.807) is 17.5 Å². The Hall–Kier alpha value is -0.970. The van der Waals surface area contributed by atoms with Crippen LogP contribution in [0.2, 0.25) is 5.02 Å². The van der Waals surface area contributed by atoms with Crippen molar-refractivity contribution in [3.05, 3.63) is 45.6 Å². The van der Waals surface area contributed by atoms with Crippen molar-refractivity contribution in [3.8, 4) is 0 Å². The van der Waals surface area contributed by atoms with Gasteiger partial charge in [-0.1, -0.05) is 11.6 Å². The number of nitrogens with one attached hydrogen (secondary N) is 1. The lowest BCUT2D eigenvalue weighted by Crippen LogP contribution is -2.19. The zero-order valence-corrected chi connectivity index (χ0v) is 10.4. The number of rotatable bonds is 4. The van der Waals surface area contributed by atoms with Gasteiger partial charge in [0.1, 0.15) is 0 Å². The molecule has 3 nitrogen and oxygen atoms in total. The van der Waals surface area contributed by atoms with Crippen LogP contribution < -0.4 is 5.32 Å². The van der Waals surface area contributed by atoms with Crippen molar-refractivity contribution >= 4 is 22.9 Å². The molecule has 2 rings (SSSR count). The molecule has 0 radical (unpaired) electrons. The van der Waals surface area contributed by atoms with Crippen molar-refractivity contribution in [2.24, 2.45) is 0 Å². The first-order chi connectivity index (χ1) is 7.79. The largest absolute Gasteiger partial charge is 0.311 e. The topological polar surface area (TPSA) is 37.8 Å². The van der Waals surface area contributed by atoms with Crippen molar-refractivity contribution in [1.82, 2.24) is 15.3 Å². The number of halogens is 1. The second-order valence-corrected chi connectivity index (χ2v) is 4.82. The van der Waals surface area contributed by atoms with Gasteiger partial charge >= 0.3 is 0 Å². The van der Waals surface area contributed by atoms with E-state index in [1.807, 2.05) is 30.9 Å². The molecule has 0 bridgehead atoms. The van der Waals surface area contributed by atoms with Crippen LogP contribution in [0.5, 0.6) is 0 Å². The third-order valence-electron chi connectivity index (χ3n) is 2.34. The molecule has 16 heavy (non-hydrogen) atoms. The summed E-state index contributed by atoms with van der Waals surface area (Å²) in [5, 5.41) is 3.91. The van der Waals surface area contributed by atoms with E-state index in [9.17, 15) is 0 Å². The van der Waals surface area contributed by atoms with Gasteiger partial charge in [-0.05, 0) is 19.2 Å². The predicted molar refractivity (Wildman–Crippen MR) is 66.9 cm³/mol. The van der Waals surface area contributed by atoms with Crippen LogP contribution in [-0.2, 0) is 6.42 Å². The number of nitrogens with zero attached hydrogens (tertiary/aromatic N) is 2. The van der Waals surface area contributed by atoms with Gasteiger partial charge in [0, 0.05) is 23.7 Å². The quantitative estimate of drug-likeness (QED) is 0.911. The number of hydrogen-bond acceptors (Lipinski definition) is 4. The number of hydrogen-bond donors (Lipinski definition) is 1. The number of aromatic nitrogens is 2. The molecule has 0 aliphatic heterocycles. The van der Waals surface area contributed by atoms with E-state index in [4.69, 9.17) is 11.6 Å². The Morgan fingerprint density at radius 1 is 1.44 bits per heavy atom. The van der Waals surface area contributed by atoms with Crippen molar-refractivity contribution in [1.29, 1.82) is 0 Å². The maximum Gasteiger partial charge on any atom is 0.0794 e. The minimum atomic E-state index is 0.206. The first-order valence-electron chi connectivity index (χ1n) is 4.95. The first-order valence-corrected chi connectivity index (χ1v) is 6.21. The molecule has 2 heterocycles. The number of likely N-dealkylation sites (N-methyl/N-ethyl adjacent to an activating group) is 1. The summed E-state index contributed by atoms with van der Waals surface area (Å²) in [6.07, 6.45) is 4.47. The highest BCUT2D eigenvalue weighted by Gasteiger charge is 2.12. The molecule has 0 aliphatic carbocycles. The van der Waals surface area contributed by atoms with Gasteiger partial charge in [0.05, 0.1) is 22.3 Å². The number of thiazole rings is 1. The molecule has 2 aromatic rings. The summed E-state index contributed by atoms with van der Waals surface area (Å²) < 4.78 is 0. The molecule has 0 saturated carbocycles. The summed E-state index contributed by atoms with van der Waals surface area (Å²) in [7, 11) is 1.93. The van der Waals surface area contributed by atoms with E-state index in [0.29, 0.717) is 5.02 Å². The second-order valence-electron chi connectivity index (χ2n) is 3.41. The summed E-state index contributed by atoms with van der Waals surface area (Å²) >= 11 is 7.47. The van der Waals surface area contributed by atoms with Crippen molar-refractivity contribution < 1.29 is 0 Å². The van der Waals surface area contributed by atoms with Gasteiger partial charge < -0.3 is 5.32 Å². The van der Waals surface area contributed by atoms with Gasteiger partial charge in [-0.2, -0.15) is 0 Å². The van der Waals surface area contributed by atoms with E-state index in [1.165, 1.54) is 4.88 Å². The summed E-state index contributed by atoms with van der Waals surface area (Å²) in [6.45, 7) is 0. The van der Waals surface area contributed by atoms with Crippen LogP contribution in [0.15, 0.2) is 30.0 Å². The Balaban J connectivity index is 2.13. The maximum absolute atomic E-state index is 5.81. The molecule has 0 fully saturated rings. The van der Waals surface area contributed by atoms with E-state index >= 15 is 0 Å². The fraction of sp³-hybridized carbons (Fsp3) is 0.273. The van der Waals surface area contributed by atoms with Gasteiger partial charge in [-0.15, -0.1) is 11.3 Å². The molecule has 1 unspecified atom stereocenters. The predicted octanol–water partition coefficient (Wildman–Crippen LogP) is 2.69. The fourth-order valence-electron chi connectivity index (χ4n) is 1.49. The van der Waals surface area contributed by atoms with Crippen LogP contribution in [0.3, 0.4) is 0 Å². The minimum absolute atomic E-state index is 0.206. The van der Waals surface area contributed by atoms with Crippen molar-refractivity contribution in [2.45, 2.75) is 12.5 Å². The average Bonchev–Trinajstić information content (AvgIpc) is 2.80. The normalized spacial score (nSPS) is 12.6. The van der Waals surface area contributed by atoms with Crippen LogP contribution in [-0.4, -0.2) is 17.0 Å². The van der Waals surface area contributed by atoms with Crippen LogP contribution in [0.4, 0.5) is 0 Å². The van der Waals surface area contributed by atoms with Crippen LogP contribution in [0, 0.1) is 0 Å². The molecular weight excluding hydrogens is 242 g/mol. The molecule has 0 spiro atoms. The molecule has 1 N–H and O–H groups in total. The van der Waals surface area contributed by atoms with E-state index in [2.05, 4.69) is 15.3 Å². The summed E-state index contributed by atoms with van der Waals surface area (Å²) in [5.41, 5.74) is 2.84. The van der Waals surface area contributed by atoms with E-state index < -0.39 is 0 Å². The molecule has 5 heteroatoms.